The van der Waals surface area contributed by atoms with E-state index in [1.807, 2.05) is 6.07 Å². The highest BCUT2D eigenvalue weighted by molar-refractivity contribution is 9.13. The van der Waals surface area contributed by atoms with Gasteiger partial charge in [-0.2, -0.15) is 0 Å². The minimum atomic E-state index is -1.15. The molecule has 0 unspecified atom stereocenters. The molecule has 0 radical (unpaired) electrons. The predicted molar refractivity (Wildman–Crippen MR) is 141 cm³/mol. The molecule has 3 aromatic rings. The van der Waals surface area contributed by atoms with Crippen molar-refractivity contribution in [3.63, 3.8) is 0 Å². The summed E-state index contributed by atoms with van der Waals surface area (Å²) in [5.41, 5.74) is 7.12. The van der Waals surface area contributed by atoms with Crippen LogP contribution in [-0.4, -0.2) is 47.1 Å². The number of H-pyrrole nitrogens is 1. The van der Waals surface area contributed by atoms with Crippen LogP contribution in [-0.2, 0) is 11.2 Å². The van der Waals surface area contributed by atoms with Crippen molar-refractivity contribution in [3.05, 3.63) is 80.5 Å². The van der Waals surface area contributed by atoms with E-state index < -0.39 is 23.8 Å². The molecule has 1 aromatic heterocycles. The first-order valence-electron chi connectivity index (χ1n) is 10.2. The van der Waals surface area contributed by atoms with E-state index in [1.54, 1.807) is 30.3 Å². The molecule has 1 heterocycles. The summed E-state index contributed by atoms with van der Waals surface area (Å²) < 4.78 is 6.93. The molecule has 0 aliphatic carbocycles. The molecule has 186 valence electrons. The topological polar surface area (TPSA) is 147 Å². The van der Waals surface area contributed by atoms with E-state index in [4.69, 9.17) is 10.5 Å². The van der Waals surface area contributed by atoms with Crippen LogP contribution in [0.2, 0.25) is 0 Å². The monoisotopic (exact) mass is 628 g/mol. The number of ether oxygens (including phenoxy) is 1. The van der Waals surface area contributed by atoms with Crippen LogP contribution < -0.4 is 21.1 Å². The van der Waals surface area contributed by atoms with Crippen molar-refractivity contribution in [2.45, 2.75) is 12.5 Å². The van der Waals surface area contributed by atoms with Crippen molar-refractivity contribution < 1.29 is 24.2 Å². The lowest BCUT2D eigenvalue weighted by molar-refractivity contribution is -0.139. The van der Waals surface area contributed by atoms with Crippen LogP contribution in [0.4, 0.5) is 5.69 Å². The number of anilines is 1. The van der Waals surface area contributed by atoms with Crippen LogP contribution in [0.5, 0.6) is 5.75 Å². The summed E-state index contributed by atoms with van der Waals surface area (Å²) in [6.07, 6.45) is 0.133. The van der Waals surface area contributed by atoms with Crippen LogP contribution in [0.15, 0.2) is 63.7 Å². The number of hydrogen-bond acceptors (Lipinski definition) is 5. The largest absolute Gasteiger partial charge is 0.490 e. The van der Waals surface area contributed by atoms with Crippen molar-refractivity contribution in [2.75, 3.05) is 18.5 Å². The molecule has 12 heteroatoms. The molecule has 0 saturated heterocycles. The van der Waals surface area contributed by atoms with E-state index >= 15 is 0 Å². The van der Waals surface area contributed by atoms with Gasteiger partial charge in [0, 0.05) is 18.5 Å². The third-order valence-corrected chi connectivity index (χ3v) is 6.51. The van der Waals surface area contributed by atoms with E-state index in [0.717, 1.165) is 5.56 Å². The van der Waals surface area contributed by atoms with E-state index in [0.29, 0.717) is 20.5 Å². The van der Waals surface area contributed by atoms with Crippen molar-refractivity contribution in [2.24, 2.45) is 5.73 Å². The van der Waals surface area contributed by atoms with Gasteiger partial charge in [0.25, 0.3) is 11.8 Å². The number of amides is 2. The summed E-state index contributed by atoms with van der Waals surface area (Å²) in [5.74, 6) is -1.93. The number of rotatable bonds is 10. The highest BCUT2D eigenvalue weighted by Crippen LogP contribution is 2.28. The Morgan fingerprint density at radius 1 is 1.06 bits per heavy atom. The van der Waals surface area contributed by atoms with Gasteiger partial charge in [-0.05, 0) is 61.7 Å². The molecule has 0 saturated carbocycles. The number of carboxylic acid groups (broad SMARTS) is 1. The number of nitrogens with one attached hydrogen (secondary N) is 3. The lowest BCUT2D eigenvalue weighted by Gasteiger charge is -2.16. The number of nitrogens with two attached hydrogens (primary N) is 1. The number of hydrogen-bond donors (Lipinski definition) is 5. The van der Waals surface area contributed by atoms with Gasteiger partial charge in [0.05, 0.1) is 14.8 Å². The number of halogens is 3. The molecule has 0 spiro atoms. The van der Waals surface area contributed by atoms with Gasteiger partial charge in [-0.1, -0.05) is 30.3 Å². The van der Waals surface area contributed by atoms with Gasteiger partial charge in [0.15, 0.2) is 0 Å². The molecule has 0 aliphatic rings. The Labute approximate surface area is 224 Å². The predicted octanol–water partition coefficient (Wildman–Crippen LogP) is 3.98. The zero-order chi connectivity index (χ0) is 24.7. The van der Waals surface area contributed by atoms with Crippen LogP contribution in [0, 0.1) is 0 Å². The van der Waals surface area contributed by atoms with Gasteiger partial charge in [0.2, 0.25) is 0 Å². The number of carbonyl (C=O) groups is 3. The van der Waals surface area contributed by atoms with Gasteiger partial charge in [-0.15, -0.1) is 12.4 Å². The van der Waals surface area contributed by atoms with E-state index in [1.165, 1.54) is 18.2 Å². The molecule has 1 atom stereocenters. The summed E-state index contributed by atoms with van der Waals surface area (Å²) in [6, 6.07) is 13.9. The van der Waals surface area contributed by atoms with Gasteiger partial charge < -0.3 is 31.2 Å². The Kier molecular flexibility index (Phi) is 10.8. The number of aromatic nitrogens is 1. The molecule has 3 rings (SSSR count). The number of carboxylic acids is 1. The Morgan fingerprint density at radius 3 is 2.37 bits per heavy atom. The second-order valence-electron chi connectivity index (χ2n) is 7.20. The van der Waals surface area contributed by atoms with Crippen molar-refractivity contribution in [1.82, 2.24) is 10.3 Å². The zero-order valence-electron chi connectivity index (χ0n) is 18.2. The average molecular weight is 631 g/mol. The maximum atomic E-state index is 12.8. The second kappa shape index (κ2) is 13.3. The molecule has 0 aliphatic heterocycles. The van der Waals surface area contributed by atoms with Crippen molar-refractivity contribution >= 4 is 67.7 Å². The van der Waals surface area contributed by atoms with Gasteiger partial charge in [-0.3, -0.25) is 9.59 Å². The van der Waals surface area contributed by atoms with Crippen LogP contribution in [0.1, 0.15) is 26.4 Å². The normalized spacial score (nSPS) is 11.2. The highest BCUT2D eigenvalue weighted by Gasteiger charge is 2.22. The van der Waals surface area contributed by atoms with Gasteiger partial charge in [-0.25, -0.2) is 4.79 Å². The number of carbonyl (C=O) groups excluding carboxylic acids is 2. The van der Waals surface area contributed by atoms with E-state index in [-0.39, 0.29) is 43.3 Å². The summed E-state index contributed by atoms with van der Waals surface area (Å²) >= 11 is 6.60. The molecule has 2 amide bonds. The summed E-state index contributed by atoms with van der Waals surface area (Å²) in [7, 11) is 0. The molecular weight excluding hydrogens is 608 g/mol. The SMILES string of the molecule is Cl.NCCOc1cc(C(=O)N[C@@H](Cc2ccccc2)C(=O)O)ccc1NC(=O)c1cc(Br)c(Br)[nH]1. The van der Waals surface area contributed by atoms with Gasteiger partial charge >= 0.3 is 5.97 Å². The van der Waals surface area contributed by atoms with E-state index in [2.05, 4.69) is 47.5 Å². The fourth-order valence-corrected chi connectivity index (χ4v) is 3.72. The molecule has 0 fully saturated rings. The minimum absolute atomic E-state index is 0. The second-order valence-corrected chi connectivity index (χ2v) is 8.85. The summed E-state index contributed by atoms with van der Waals surface area (Å²) in [6.45, 7) is 0.373. The fraction of sp³-hybridized carbons (Fsp3) is 0.174. The first kappa shape index (κ1) is 28.4. The Hall–Kier alpha value is -2.86. The van der Waals surface area contributed by atoms with Crippen LogP contribution in [0.3, 0.4) is 0 Å². The highest BCUT2D eigenvalue weighted by atomic mass is 79.9. The zero-order valence-corrected chi connectivity index (χ0v) is 22.2. The molecule has 2 aromatic carbocycles. The smallest absolute Gasteiger partial charge is 0.326 e. The van der Waals surface area contributed by atoms with E-state index in [9.17, 15) is 19.5 Å². The molecule has 6 N–H and O–H groups in total. The lowest BCUT2D eigenvalue weighted by atomic mass is 10.1. The molecule has 9 nitrogen and oxygen atoms in total. The Balaban J connectivity index is 0.00000432. The third-order valence-electron chi connectivity index (χ3n) is 4.72. The number of aromatic amines is 1. The molecule has 0 bridgehead atoms. The Bertz CT molecular complexity index is 1170. The first-order chi connectivity index (χ1) is 16.3. The average Bonchev–Trinajstić information content (AvgIpc) is 3.16. The summed E-state index contributed by atoms with van der Waals surface area (Å²) in [5, 5.41) is 14.8. The first-order valence-corrected chi connectivity index (χ1v) is 11.8. The van der Waals surface area contributed by atoms with Crippen molar-refractivity contribution in [1.29, 1.82) is 0 Å². The minimum Gasteiger partial charge on any atom is -0.490 e. The maximum Gasteiger partial charge on any atom is 0.326 e. The summed E-state index contributed by atoms with van der Waals surface area (Å²) in [4.78, 5) is 40.0. The number of benzene rings is 2. The quantitative estimate of drug-likeness (QED) is 0.229. The molecular formula is C23H23Br2ClN4O5. The van der Waals surface area contributed by atoms with Gasteiger partial charge in [0.1, 0.15) is 24.1 Å². The Morgan fingerprint density at radius 2 is 1.77 bits per heavy atom. The number of aliphatic carboxylic acids is 1. The van der Waals surface area contributed by atoms with Crippen LogP contribution >= 0.6 is 44.3 Å². The lowest BCUT2D eigenvalue weighted by Crippen LogP contribution is -2.42. The van der Waals surface area contributed by atoms with Crippen LogP contribution in [0.25, 0.3) is 0 Å². The fourth-order valence-electron chi connectivity index (χ4n) is 3.06. The maximum absolute atomic E-state index is 12.8. The molecule has 35 heavy (non-hydrogen) atoms. The third kappa shape index (κ3) is 7.82. The standard InChI is InChI=1S/C23H22Br2N4O5.ClH/c24-15-12-17(27-20(15)25)22(31)28-16-7-6-14(11-19(16)34-9-8-26)21(30)29-18(23(32)33)10-13-4-2-1-3-5-13;/h1-7,11-12,18,27H,8-10,26H2,(H,28,31)(H,29,30)(H,32,33);1H/t18-;/m0./s1. The van der Waals surface area contributed by atoms with Crippen molar-refractivity contribution in [3.8, 4) is 5.75 Å².